The van der Waals surface area contributed by atoms with Gasteiger partial charge < -0.3 is 15.3 Å². The molecule has 1 atom stereocenters. The Balaban J connectivity index is 1.77. The predicted molar refractivity (Wildman–Crippen MR) is 91.4 cm³/mol. The summed E-state index contributed by atoms with van der Waals surface area (Å²) in [6.07, 6.45) is 1.71. The molecule has 0 bridgehead atoms. The third-order valence-electron chi connectivity index (χ3n) is 4.71. The molecule has 2 amide bonds. The number of nitrogens with zero attached hydrogens (tertiary/aromatic N) is 2. The van der Waals surface area contributed by atoms with Crippen molar-refractivity contribution < 1.29 is 9.90 Å². The minimum absolute atomic E-state index is 0.0639. The number of urea groups is 1. The fraction of sp³-hybridized carbons (Fsp3) is 0.222. The van der Waals surface area contributed by atoms with Gasteiger partial charge in [0.05, 0.1) is 30.9 Å². The standard InChI is InChI=1S/C18H18N4O2/c1-11(12-5-3-2-4-6-12)22-9-14-15(10-23)13-8-19-21-17(13)7-16(14)20-18(22)24/h2-8,11,23H,9-10H2,1H3,(H,19,21)(H,20,24)/t11-/m1/s1. The highest BCUT2D eigenvalue weighted by Gasteiger charge is 2.29. The summed E-state index contributed by atoms with van der Waals surface area (Å²) in [5.74, 6) is 0. The molecule has 1 aliphatic rings. The quantitative estimate of drug-likeness (QED) is 0.693. The van der Waals surface area contributed by atoms with E-state index in [4.69, 9.17) is 0 Å². The van der Waals surface area contributed by atoms with Crippen LogP contribution in [0.4, 0.5) is 10.5 Å². The van der Waals surface area contributed by atoms with Crippen molar-refractivity contribution in [1.82, 2.24) is 15.1 Å². The molecule has 3 N–H and O–H groups in total. The van der Waals surface area contributed by atoms with E-state index in [0.29, 0.717) is 6.54 Å². The molecule has 4 rings (SSSR count). The van der Waals surface area contributed by atoms with Crippen LogP contribution in [0.1, 0.15) is 29.7 Å². The molecule has 122 valence electrons. The fourth-order valence-electron chi connectivity index (χ4n) is 3.33. The second-order valence-electron chi connectivity index (χ2n) is 6.02. The smallest absolute Gasteiger partial charge is 0.322 e. The Morgan fingerprint density at radius 3 is 2.88 bits per heavy atom. The first-order chi connectivity index (χ1) is 11.7. The molecule has 0 aliphatic carbocycles. The minimum atomic E-state index is -0.137. The number of rotatable bonds is 3. The average Bonchev–Trinajstić information content (AvgIpc) is 3.07. The van der Waals surface area contributed by atoms with Gasteiger partial charge in [-0.3, -0.25) is 5.10 Å². The SMILES string of the molecule is C[C@H](c1ccccc1)N1Cc2c(cc3[nH]ncc3c2CO)NC1=O. The van der Waals surface area contributed by atoms with Crippen molar-refractivity contribution in [2.75, 3.05) is 5.32 Å². The first kappa shape index (κ1) is 14.7. The summed E-state index contributed by atoms with van der Waals surface area (Å²) in [5.41, 5.74) is 4.36. The van der Waals surface area contributed by atoms with Gasteiger partial charge in [0.2, 0.25) is 0 Å². The fourth-order valence-corrected chi connectivity index (χ4v) is 3.33. The lowest BCUT2D eigenvalue weighted by atomic mass is 9.98. The number of anilines is 1. The van der Waals surface area contributed by atoms with Crippen LogP contribution in [-0.4, -0.2) is 26.2 Å². The van der Waals surface area contributed by atoms with Crippen LogP contribution >= 0.6 is 0 Å². The topological polar surface area (TPSA) is 81.2 Å². The molecular weight excluding hydrogens is 304 g/mol. The predicted octanol–water partition coefficient (Wildman–Crippen LogP) is 3.16. The van der Waals surface area contributed by atoms with E-state index in [1.54, 1.807) is 11.1 Å². The lowest BCUT2D eigenvalue weighted by Crippen LogP contribution is -2.40. The van der Waals surface area contributed by atoms with E-state index in [9.17, 15) is 9.90 Å². The van der Waals surface area contributed by atoms with Crippen LogP contribution in [0.15, 0.2) is 42.6 Å². The van der Waals surface area contributed by atoms with E-state index >= 15 is 0 Å². The van der Waals surface area contributed by atoms with Gasteiger partial charge in [-0.2, -0.15) is 5.10 Å². The lowest BCUT2D eigenvalue weighted by Gasteiger charge is -2.35. The molecule has 0 unspecified atom stereocenters. The summed E-state index contributed by atoms with van der Waals surface area (Å²) < 4.78 is 0. The highest BCUT2D eigenvalue weighted by Crippen LogP contribution is 2.35. The largest absolute Gasteiger partial charge is 0.392 e. The maximum absolute atomic E-state index is 12.6. The van der Waals surface area contributed by atoms with Crippen molar-refractivity contribution in [3.63, 3.8) is 0 Å². The van der Waals surface area contributed by atoms with Crippen molar-refractivity contribution in [2.24, 2.45) is 0 Å². The van der Waals surface area contributed by atoms with E-state index < -0.39 is 0 Å². The number of aliphatic hydroxyl groups excluding tert-OH is 1. The number of amides is 2. The second kappa shape index (κ2) is 5.65. The third kappa shape index (κ3) is 2.23. The summed E-state index contributed by atoms with van der Waals surface area (Å²) in [4.78, 5) is 14.4. The van der Waals surface area contributed by atoms with Crippen LogP contribution in [0.3, 0.4) is 0 Å². The first-order valence-corrected chi connectivity index (χ1v) is 7.90. The summed E-state index contributed by atoms with van der Waals surface area (Å²) in [5, 5.41) is 20.6. The molecule has 3 aromatic rings. The molecular formula is C18H18N4O2. The molecule has 1 aliphatic heterocycles. The highest BCUT2D eigenvalue weighted by atomic mass is 16.3. The van der Waals surface area contributed by atoms with Crippen molar-refractivity contribution in [2.45, 2.75) is 26.1 Å². The first-order valence-electron chi connectivity index (χ1n) is 7.90. The Kier molecular flexibility index (Phi) is 3.46. The molecule has 0 saturated heterocycles. The molecule has 6 nitrogen and oxygen atoms in total. The summed E-state index contributed by atoms with van der Waals surface area (Å²) in [7, 11) is 0. The number of aliphatic hydroxyl groups is 1. The van der Waals surface area contributed by atoms with Crippen LogP contribution in [-0.2, 0) is 13.2 Å². The molecule has 0 fully saturated rings. The number of benzene rings is 2. The molecule has 24 heavy (non-hydrogen) atoms. The summed E-state index contributed by atoms with van der Waals surface area (Å²) in [6.45, 7) is 2.37. The monoisotopic (exact) mass is 322 g/mol. The zero-order chi connectivity index (χ0) is 16.7. The Morgan fingerprint density at radius 1 is 1.33 bits per heavy atom. The Morgan fingerprint density at radius 2 is 2.12 bits per heavy atom. The van der Waals surface area contributed by atoms with Crippen LogP contribution in [0.5, 0.6) is 0 Å². The van der Waals surface area contributed by atoms with Crippen LogP contribution in [0, 0.1) is 0 Å². The molecule has 2 heterocycles. The number of hydrogen-bond acceptors (Lipinski definition) is 3. The number of hydrogen-bond donors (Lipinski definition) is 3. The highest BCUT2D eigenvalue weighted by molar-refractivity contribution is 5.97. The van der Waals surface area contributed by atoms with Gasteiger partial charge in [0.1, 0.15) is 0 Å². The summed E-state index contributed by atoms with van der Waals surface area (Å²) >= 11 is 0. The number of carbonyl (C=O) groups is 1. The summed E-state index contributed by atoms with van der Waals surface area (Å²) in [6, 6.07) is 11.6. The number of H-pyrrole nitrogens is 1. The minimum Gasteiger partial charge on any atom is -0.392 e. The van der Waals surface area contributed by atoms with Gasteiger partial charge in [-0.15, -0.1) is 0 Å². The van der Waals surface area contributed by atoms with Crippen LogP contribution < -0.4 is 5.32 Å². The van der Waals surface area contributed by atoms with E-state index in [1.807, 2.05) is 43.3 Å². The van der Waals surface area contributed by atoms with Crippen LogP contribution in [0.2, 0.25) is 0 Å². The van der Waals surface area contributed by atoms with E-state index in [0.717, 1.165) is 33.3 Å². The number of aromatic amines is 1. The van der Waals surface area contributed by atoms with Gasteiger partial charge in [0, 0.05) is 16.6 Å². The van der Waals surface area contributed by atoms with Gasteiger partial charge in [0.25, 0.3) is 0 Å². The average molecular weight is 322 g/mol. The molecule has 0 spiro atoms. The lowest BCUT2D eigenvalue weighted by molar-refractivity contribution is 0.185. The maximum Gasteiger partial charge on any atom is 0.322 e. The van der Waals surface area contributed by atoms with Crippen molar-refractivity contribution in [3.8, 4) is 0 Å². The van der Waals surface area contributed by atoms with E-state index in [-0.39, 0.29) is 18.7 Å². The third-order valence-corrected chi connectivity index (χ3v) is 4.71. The zero-order valence-electron chi connectivity index (χ0n) is 13.3. The Hall–Kier alpha value is -2.86. The normalized spacial score (nSPS) is 15.2. The number of carbonyl (C=O) groups excluding carboxylic acids is 1. The van der Waals surface area contributed by atoms with E-state index in [2.05, 4.69) is 15.5 Å². The molecule has 6 heteroatoms. The molecule has 1 aromatic heterocycles. The maximum atomic E-state index is 12.6. The number of aromatic nitrogens is 2. The number of nitrogens with one attached hydrogen (secondary N) is 2. The zero-order valence-corrected chi connectivity index (χ0v) is 13.3. The molecule has 0 radical (unpaired) electrons. The van der Waals surface area contributed by atoms with Gasteiger partial charge in [-0.05, 0) is 24.1 Å². The van der Waals surface area contributed by atoms with Crippen LogP contribution in [0.25, 0.3) is 10.9 Å². The van der Waals surface area contributed by atoms with Gasteiger partial charge in [-0.1, -0.05) is 30.3 Å². The van der Waals surface area contributed by atoms with Gasteiger partial charge in [-0.25, -0.2) is 4.79 Å². The van der Waals surface area contributed by atoms with Crippen molar-refractivity contribution >= 4 is 22.6 Å². The van der Waals surface area contributed by atoms with Gasteiger partial charge >= 0.3 is 6.03 Å². The number of fused-ring (bicyclic) bond motifs is 2. The molecule has 2 aromatic carbocycles. The Bertz CT molecular complexity index is 904. The van der Waals surface area contributed by atoms with E-state index in [1.165, 1.54) is 0 Å². The van der Waals surface area contributed by atoms with Gasteiger partial charge in [0.15, 0.2) is 0 Å². The van der Waals surface area contributed by atoms with Crippen molar-refractivity contribution in [1.29, 1.82) is 0 Å². The second-order valence-corrected chi connectivity index (χ2v) is 6.02. The molecule has 0 saturated carbocycles. The Labute approximate surface area is 139 Å². The van der Waals surface area contributed by atoms with Crippen molar-refractivity contribution in [3.05, 3.63) is 59.3 Å².